The van der Waals surface area contributed by atoms with Crippen LogP contribution in [0.4, 0.5) is 11.5 Å². The molecule has 0 radical (unpaired) electrons. The van der Waals surface area contributed by atoms with Crippen LogP contribution >= 0.6 is 11.6 Å². The second-order valence-corrected chi connectivity index (χ2v) is 5.92. The molecule has 0 bridgehead atoms. The van der Waals surface area contributed by atoms with Crippen molar-refractivity contribution < 1.29 is 4.74 Å². The maximum Gasteiger partial charge on any atom is 0.157 e. The van der Waals surface area contributed by atoms with Gasteiger partial charge in [0.2, 0.25) is 0 Å². The first-order chi connectivity index (χ1) is 12.2. The molecule has 0 amide bonds. The summed E-state index contributed by atoms with van der Waals surface area (Å²) < 4.78 is 7.30. The van der Waals surface area contributed by atoms with Gasteiger partial charge in [0.25, 0.3) is 0 Å². The van der Waals surface area contributed by atoms with E-state index in [1.54, 1.807) is 19.5 Å². The number of halogens is 1. The zero-order valence-corrected chi connectivity index (χ0v) is 14.2. The molecule has 0 saturated heterocycles. The van der Waals surface area contributed by atoms with E-state index in [9.17, 15) is 0 Å². The van der Waals surface area contributed by atoms with Crippen molar-refractivity contribution in [2.24, 2.45) is 0 Å². The minimum Gasteiger partial charge on any atom is -0.497 e. The Morgan fingerprint density at radius 2 is 2.00 bits per heavy atom. The normalized spacial score (nSPS) is 10.8. The second kappa shape index (κ2) is 6.45. The number of hydrogen-bond acceptors (Lipinski definition) is 4. The molecule has 0 atom stereocenters. The van der Waals surface area contributed by atoms with Crippen LogP contribution < -0.4 is 10.1 Å². The Morgan fingerprint density at radius 1 is 1.12 bits per heavy atom. The topological polar surface area (TPSA) is 51.5 Å². The van der Waals surface area contributed by atoms with E-state index in [1.165, 1.54) is 0 Å². The summed E-state index contributed by atoms with van der Waals surface area (Å²) in [4.78, 5) is 8.89. The molecule has 0 unspecified atom stereocenters. The molecule has 6 heteroatoms. The van der Waals surface area contributed by atoms with Crippen LogP contribution in [-0.4, -0.2) is 21.5 Å². The molecule has 0 spiro atoms. The smallest absolute Gasteiger partial charge is 0.157 e. The minimum atomic E-state index is 0.670. The van der Waals surface area contributed by atoms with Gasteiger partial charge in [-0.1, -0.05) is 29.8 Å². The standard InChI is InChI=1S/C19H15ClN4O/c1-25-16-7-2-4-13(10-16)18-19(22-15-6-3-5-14(20)11-15)24-9-8-21-12-17(24)23-18/h2-12,22H,1H3. The predicted octanol–water partition coefficient (Wildman–Crippen LogP) is 4.80. The zero-order chi connectivity index (χ0) is 17.2. The van der Waals surface area contributed by atoms with Gasteiger partial charge in [-0.05, 0) is 30.3 Å². The van der Waals surface area contributed by atoms with Crippen molar-refractivity contribution in [1.82, 2.24) is 14.4 Å². The van der Waals surface area contributed by atoms with Crippen molar-refractivity contribution >= 4 is 28.8 Å². The first-order valence-corrected chi connectivity index (χ1v) is 8.11. The SMILES string of the molecule is COc1cccc(-c2nc3cnccn3c2Nc2cccc(Cl)c2)c1. The van der Waals surface area contributed by atoms with Crippen LogP contribution in [0.25, 0.3) is 16.9 Å². The molecule has 0 fully saturated rings. The van der Waals surface area contributed by atoms with Crippen LogP contribution in [0.15, 0.2) is 67.1 Å². The number of hydrogen-bond donors (Lipinski definition) is 1. The fourth-order valence-electron chi connectivity index (χ4n) is 2.70. The lowest BCUT2D eigenvalue weighted by Gasteiger charge is -2.10. The van der Waals surface area contributed by atoms with Gasteiger partial charge in [0.15, 0.2) is 5.65 Å². The van der Waals surface area contributed by atoms with Crippen LogP contribution in [0.3, 0.4) is 0 Å². The number of ether oxygens (including phenoxy) is 1. The highest BCUT2D eigenvalue weighted by molar-refractivity contribution is 6.30. The van der Waals surface area contributed by atoms with Crippen molar-refractivity contribution in [2.45, 2.75) is 0 Å². The van der Waals surface area contributed by atoms with Gasteiger partial charge in [-0.25, -0.2) is 4.98 Å². The quantitative estimate of drug-likeness (QED) is 0.574. The summed E-state index contributed by atoms with van der Waals surface area (Å²) in [6, 6.07) is 15.4. The molecule has 4 aromatic rings. The monoisotopic (exact) mass is 350 g/mol. The lowest BCUT2D eigenvalue weighted by Crippen LogP contribution is -1.97. The van der Waals surface area contributed by atoms with Gasteiger partial charge in [0.1, 0.15) is 17.3 Å². The first kappa shape index (κ1) is 15.5. The second-order valence-electron chi connectivity index (χ2n) is 5.48. The van der Waals surface area contributed by atoms with E-state index in [-0.39, 0.29) is 0 Å². The third-order valence-corrected chi connectivity index (χ3v) is 4.10. The van der Waals surface area contributed by atoms with Crippen molar-refractivity contribution in [1.29, 1.82) is 0 Å². The third-order valence-electron chi connectivity index (χ3n) is 3.86. The Morgan fingerprint density at radius 3 is 2.84 bits per heavy atom. The first-order valence-electron chi connectivity index (χ1n) is 7.74. The summed E-state index contributed by atoms with van der Waals surface area (Å²) in [7, 11) is 1.65. The Hall–Kier alpha value is -3.05. The van der Waals surface area contributed by atoms with Crippen molar-refractivity contribution in [3.8, 4) is 17.0 Å². The third kappa shape index (κ3) is 3.02. The van der Waals surface area contributed by atoms with Crippen LogP contribution in [0.5, 0.6) is 5.75 Å². The lowest BCUT2D eigenvalue weighted by molar-refractivity contribution is 0.415. The van der Waals surface area contributed by atoms with Crippen LogP contribution in [0, 0.1) is 0 Å². The van der Waals surface area contributed by atoms with Crippen LogP contribution in [0.2, 0.25) is 5.02 Å². The Bertz CT molecular complexity index is 1040. The van der Waals surface area contributed by atoms with Gasteiger partial charge >= 0.3 is 0 Å². The maximum absolute atomic E-state index is 6.11. The molecule has 25 heavy (non-hydrogen) atoms. The van der Waals surface area contributed by atoms with Crippen molar-refractivity contribution in [3.05, 3.63) is 72.1 Å². The molecular weight excluding hydrogens is 336 g/mol. The molecule has 0 saturated carbocycles. The molecule has 2 heterocycles. The average Bonchev–Trinajstić information content (AvgIpc) is 3.00. The fraction of sp³-hybridized carbons (Fsp3) is 0.0526. The van der Waals surface area contributed by atoms with Crippen molar-refractivity contribution in [2.75, 3.05) is 12.4 Å². The summed E-state index contributed by atoms with van der Waals surface area (Å²) in [6.45, 7) is 0. The van der Waals surface area contributed by atoms with E-state index in [0.717, 1.165) is 34.2 Å². The van der Waals surface area contributed by atoms with Crippen LogP contribution in [-0.2, 0) is 0 Å². The molecule has 1 N–H and O–H groups in total. The highest BCUT2D eigenvalue weighted by Crippen LogP contribution is 2.33. The van der Waals surface area contributed by atoms with Gasteiger partial charge in [-0.3, -0.25) is 9.38 Å². The summed E-state index contributed by atoms with van der Waals surface area (Å²) >= 11 is 6.11. The predicted molar refractivity (Wildman–Crippen MR) is 99.7 cm³/mol. The minimum absolute atomic E-state index is 0.670. The van der Waals surface area contributed by atoms with Crippen LogP contribution in [0.1, 0.15) is 0 Å². The van der Waals surface area contributed by atoms with Gasteiger partial charge in [0, 0.05) is 28.7 Å². The van der Waals surface area contributed by atoms with E-state index >= 15 is 0 Å². The molecule has 2 aromatic heterocycles. The highest BCUT2D eigenvalue weighted by Gasteiger charge is 2.15. The number of methoxy groups -OCH3 is 1. The highest BCUT2D eigenvalue weighted by atomic mass is 35.5. The number of aromatic nitrogens is 3. The average molecular weight is 351 g/mol. The summed E-state index contributed by atoms with van der Waals surface area (Å²) in [5.41, 5.74) is 3.40. The van der Waals surface area contributed by atoms with E-state index in [0.29, 0.717) is 5.02 Å². The van der Waals surface area contributed by atoms with Gasteiger partial charge in [0.05, 0.1) is 13.3 Å². The van der Waals surface area contributed by atoms with Gasteiger partial charge < -0.3 is 10.1 Å². The zero-order valence-electron chi connectivity index (χ0n) is 13.5. The summed E-state index contributed by atoms with van der Waals surface area (Å²) in [5, 5.41) is 4.09. The number of benzene rings is 2. The molecular formula is C19H15ClN4O. The largest absolute Gasteiger partial charge is 0.497 e. The Balaban J connectivity index is 1.88. The van der Waals surface area contributed by atoms with E-state index in [4.69, 9.17) is 21.3 Å². The number of imidazole rings is 1. The molecule has 0 aliphatic rings. The number of fused-ring (bicyclic) bond motifs is 1. The van der Waals surface area contributed by atoms with Gasteiger partial charge in [-0.15, -0.1) is 0 Å². The van der Waals surface area contributed by atoms with Gasteiger partial charge in [-0.2, -0.15) is 0 Å². The Labute approximate surface area is 149 Å². The number of anilines is 2. The number of rotatable bonds is 4. The molecule has 124 valence electrons. The van der Waals surface area contributed by atoms with Crippen molar-refractivity contribution in [3.63, 3.8) is 0 Å². The molecule has 0 aliphatic carbocycles. The van der Waals surface area contributed by atoms with E-state index in [1.807, 2.05) is 59.1 Å². The maximum atomic E-state index is 6.11. The molecule has 5 nitrogen and oxygen atoms in total. The molecule has 0 aliphatic heterocycles. The lowest BCUT2D eigenvalue weighted by atomic mass is 10.1. The molecule has 2 aromatic carbocycles. The molecule has 4 rings (SSSR count). The van der Waals surface area contributed by atoms with E-state index in [2.05, 4.69) is 10.3 Å². The number of nitrogens with one attached hydrogen (secondary N) is 1. The fourth-order valence-corrected chi connectivity index (χ4v) is 2.89. The summed E-state index contributed by atoms with van der Waals surface area (Å²) in [6.07, 6.45) is 5.33. The Kier molecular flexibility index (Phi) is 3.99. The summed E-state index contributed by atoms with van der Waals surface area (Å²) in [5.74, 6) is 1.62. The van der Waals surface area contributed by atoms with E-state index < -0.39 is 0 Å². The number of nitrogens with zero attached hydrogens (tertiary/aromatic N) is 3.